The number of ether oxygens (including phenoxy) is 4. The summed E-state index contributed by atoms with van der Waals surface area (Å²) < 4.78 is 26.0. The maximum Gasteiger partial charge on any atom is 0.409 e. The molecule has 1 aromatic heterocycles. The fourth-order valence-electron chi connectivity index (χ4n) is 2.96. The van der Waals surface area contributed by atoms with E-state index in [0.29, 0.717) is 34.4 Å². The van der Waals surface area contributed by atoms with Crippen LogP contribution in [0.2, 0.25) is 0 Å². The standard InChI is InChI=1S/C20H20N2O6S/c1-25-15-6-5-11(7-14(15)21-20(23)24)13-10-29-22-18(13)12-8-16(26-2)19(28-4)17(9-12)27-3/h5-10,21H,1-4H3,(H,23,24). The van der Waals surface area contributed by atoms with Gasteiger partial charge >= 0.3 is 6.09 Å². The van der Waals surface area contributed by atoms with Crippen molar-refractivity contribution in [2.24, 2.45) is 0 Å². The Bertz CT molecular complexity index is 1010. The van der Waals surface area contributed by atoms with Crippen LogP contribution in [-0.4, -0.2) is 44.0 Å². The minimum Gasteiger partial charge on any atom is -0.495 e. The number of anilines is 1. The number of carboxylic acid groups (broad SMARTS) is 1. The van der Waals surface area contributed by atoms with Gasteiger partial charge in [0.05, 0.1) is 39.8 Å². The van der Waals surface area contributed by atoms with E-state index in [1.165, 1.54) is 18.6 Å². The van der Waals surface area contributed by atoms with E-state index >= 15 is 0 Å². The number of nitrogens with zero attached hydrogens (tertiary/aromatic N) is 1. The van der Waals surface area contributed by atoms with Gasteiger partial charge < -0.3 is 24.1 Å². The van der Waals surface area contributed by atoms with Crippen LogP contribution in [0.25, 0.3) is 22.4 Å². The maximum atomic E-state index is 11.1. The molecule has 2 aromatic carbocycles. The van der Waals surface area contributed by atoms with Crippen molar-refractivity contribution < 1.29 is 28.8 Å². The molecule has 3 aromatic rings. The van der Waals surface area contributed by atoms with Crippen molar-refractivity contribution in [3.05, 3.63) is 35.7 Å². The molecule has 3 rings (SSSR count). The molecule has 0 aliphatic carbocycles. The number of hydrogen-bond donors (Lipinski definition) is 2. The van der Waals surface area contributed by atoms with Crippen molar-refractivity contribution in [2.75, 3.05) is 33.8 Å². The first-order chi connectivity index (χ1) is 14.0. The predicted octanol–water partition coefficient (Wildman–Crippen LogP) is 4.60. The van der Waals surface area contributed by atoms with Gasteiger partial charge in [-0.2, -0.15) is 4.37 Å². The van der Waals surface area contributed by atoms with Gasteiger partial charge in [0.2, 0.25) is 5.75 Å². The molecule has 0 spiro atoms. The van der Waals surface area contributed by atoms with E-state index in [2.05, 4.69) is 9.69 Å². The van der Waals surface area contributed by atoms with Crippen LogP contribution in [0.3, 0.4) is 0 Å². The van der Waals surface area contributed by atoms with Crippen LogP contribution in [-0.2, 0) is 0 Å². The van der Waals surface area contributed by atoms with Gasteiger partial charge in [-0.1, -0.05) is 6.07 Å². The van der Waals surface area contributed by atoms with Gasteiger partial charge in [0, 0.05) is 16.5 Å². The Morgan fingerprint density at radius 2 is 1.59 bits per heavy atom. The molecule has 0 saturated heterocycles. The summed E-state index contributed by atoms with van der Waals surface area (Å²) in [5, 5.41) is 13.3. The van der Waals surface area contributed by atoms with E-state index in [0.717, 1.165) is 16.7 Å². The highest BCUT2D eigenvalue weighted by atomic mass is 32.1. The third-order valence-electron chi connectivity index (χ3n) is 4.26. The minimum absolute atomic E-state index is 0.347. The molecule has 0 radical (unpaired) electrons. The quantitative estimate of drug-likeness (QED) is 0.581. The average molecular weight is 416 g/mol. The van der Waals surface area contributed by atoms with Crippen LogP contribution in [0.1, 0.15) is 0 Å². The summed E-state index contributed by atoms with van der Waals surface area (Å²) in [6.45, 7) is 0. The van der Waals surface area contributed by atoms with Gasteiger partial charge in [-0.05, 0) is 41.4 Å². The Morgan fingerprint density at radius 1 is 0.931 bits per heavy atom. The predicted molar refractivity (Wildman–Crippen MR) is 111 cm³/mol. The minimum atomic E-state index is -1.17. The summed E-state index contributed by atoms with van der Waals surface area (Å²) in [6.07, 6.45) is -1.17. The summed E-state index contributed by atoms with van der Waals surface area (Å²) >= 11 is 1.29. The molecule has 0 fully saturated rings. The zero-order valence-electron chi connectivity index (χ0n) is 16.3. The second kappa shape index (κ2) is 8.70. The number of rotatable bonds is 7. The van der Waals surface area contributed by atoms with Gasteiger partial charge in [-0.25, -0.2) is 4.79 Å². The van der Waals surface area contributed by atoms with Gasteiger partial charge in [-0.15, -0.1) is 0 Å². The lowest BCUT2D eigenvalue weighted by molar-refractivity contribution is 0.209. The van der Waals surface area contributed by atoms with Crippen LogP contribution in [0.15, 0.2) is 35.7 Å². The molecule has 2 N–H and O–H groups in total. The lowest BCUT2D eigenvalue weighted by atomic mass is 10.0. The summed E-state index contributed by atoms with van der Waals surface area (Å²) in [4.78, 5) is 11.1. The number of benzene rings is 2. The molecule has 0 saturated carbocycles. The number of carbonyl (C=O) groups is 1. The van der Waals surface area contributed by atoms with Crippen molar-refractivity contribution in [3.8, 4) is 45.4 Å². The Kier molecular flexibility index (Phi) is 6.08. The highest BCUT2D eigenvalue weighted by molar-refractivity contribution is 7.04. The Labute approximate surface area is 171 Å². The van der Waals surface area contributed by atoms with Crippen molar-refractivity contribution in [1.82, 2.24) is 4.37 Å². The number of aromatic nitrogens is 1. The van der Waals surface area contributed by atoms with Crippen LogP contribution in [0.5, 0.6) is 23.0 Å². The first-order valence-electron chi connectivity index (χ1n) is 8.45. The third kappa shape index (κ3) is 4.04. The van der Waals surface area contributed by atoms with Crippen LogP contribution >= 0.6 is 11.5 Å². The lowest BCUT2D eigenvalue weighted by Crippen LogP contribution is -2.08. The fourth-order valence-corrected chi connectivity index (χ4v) is 3.67. The molecule has 0 bridgehead atoms. The Morgan fingerprint density at radius 3 is 2.14 bits per heavy atom. The topological polar surface area (TPSA) is 99.1 Å². The third-order valence-corrected chi connectivity index (χ3v) is 4.89. The molecule has 1 amide bonds. The van der Waals surface area contributed by atoms with Gasteiger partial charge in [0.25, 0.3) is 0 Å². The fraction of sp³-hybridized carbons (Fsp3) is 0.200. The largest absolute Gasteiger partial charge is 0.495 e. The molecular weight excluding hydrogens is 396 g/mol. The summed E-state index contributed by atoms with van der Waals surface area (Å²) in [5.41, 5.74) is 3.45. The van der Waals surface area contributed by atoms with Crippen LogP contribution in [0, 0.1) is 0 Å². The summed E-state index contributed by atoms with van der Waals surface area (Å²) in [5.74, 6) is 1.95. The smallest absolute Gasteiger partial charge is 0.409 e. The maximum absolute atomic E-state index is 11.1. The van der Waals surface area contributed by atoms with Crippen molar-refractivity contribution in [1.29, 1.82) is 0 Å². The number of hydrogen-bond acceptors (Lipinski definition) is 7. The van der Waals surface area contributed by atoms with Crippen LogP contribution in [0.4, 0.5) is 10.5 Å². The number of nitrogens with one attached hydrogen (secondary N) is 1. The molecule has 9 heteroatoms. The first-order valence-corrected chi connectivity index (χ1v) is 9.29. The number of methoxy groups -OCH3 is 4. The zero-order valence-corrected chi connectivity index (χ0v) is 17.1. The van der Waals surface area contributed by atoms with Crippen molar-refractivity contribution in [2.45, 2.75) is 0 Å². The SMILES string of the molecule is COc1ccc(-c2csnc2-c2cc(OC)c(OC)c(OC)c2)cc1NC(=O)O. The molecule has 29 heavy (non-hydrogen) atoms. The monoisotopic (exact) mass is 416 g/mol. The molecule has 1 heterocycles. The molecule has 0 unspecified atom stereocenters. The van der Waals surface area contributed by atoms with Gasteiger partial charge in [0.1, 0.15) is 5.75 Å². The van der Waals surface area contributed by atoms with Gasteiger partial charge in [0.15, 0.2) is 11.5 Å². The second-order valence-electron chi connectivity index (χ2n) is 5.84. The molecule has 8 nitrogen and oxygen atoms in total. The normalized spacial score (nSPS) is 10.3. The lowest BCUT2D eigenvalue weighted by Gasteiger charge is -2.14. The van der Waals surface area contributed by atoms with E-state index in [4.69, 9.17) is 24.1 Å². The summed E-state index contributed by atoms with van der Waals surface area (Å²) in [6, 6.07) is 8.90. The molecule has 0 aliphatic rings. The number of amides is 1. The average Bonchev–Trinajstić information content (AvgIpc) is 3.22. The Balaban J connectivity index is 2.12. The van der Waals surface area contributed by atoms with Gasteiger partial charge in [-0.3, -0.25) is 5.32 Å². The van der Waals surface area contributed by atoms with E-state index in [1.807, 2.05) is 23.6 Å². The molecule has 0 aliphatic heterocycles. The Hall–Kier alpha value is -3.46. The molecule has 152 valence electrons. The van der Waals surface area contributed by atoms with Crippen molar-refractivity contribution >= 4 is 23.3 Å². The van der Waals surface area contributed by atoms with E-state index in [9.17, 15) is 4.79 Å². The molecule has 0 atom stereocenters. The highest BCUT2D eigenvalue weighted by Crippen LogP contribution is 2.44. The van der Waals surface area contributed by atoms with Crippen LogP contribution < -0.4 is 24.3 Å². The highest BCUT2D eigenvalue weighted by Gasteiger charge is 2.19. The van der Waals surface area contributed by atoms with E-state index in [1.54, 1.807) is 33.5 Å². The zero-order chi connectivity index (χ0) is 21.0. The summed E-state index contributed by atoms with van der Waals surface area (Å²) in [7, 11) is 6.13. The van der Waals surface area contributed by atoms with Crippen molar-refractivity contribution in [3.63, 3.8) is 0 Å². The first kappa shape index (κ1) is 20.3. The van der Waals surface area contributed by atoms with E-state index < -0.39 is 6.09 Å². The van der Waals surface area contributed by atoms with E-state index in [-0.39, 0.29) is 0 Å². The second-order valence-corrected chi connectivity index (χ2v) is 6.47. The molecular formula is C20H20N2O6S.